The molecule has 0 aliphatic rings. The molecule has 0 rings (SSSR count). The van der Waals surface area contributed by atoms with E-state index in [-0.39, 0.29) is 0 Å². The van der Waals surface area contributed by atoms with E-state index in [1.165, 1.54) is 0 Å². The highest BCUT2D eigenvalue weighted by atomic mass is 32.2. The van der Waals surface area contributed by atoms with Crippen molar-refractivity contribution in [3.05, 3.63) is 0 Å². The van der Waals surface area contributed by atoms with E-state index in [9.17, 15) is 13.2 Å². The Hall–Kier alpha value is 0.0600. The summed E-state index contributed by atoms with van der Waals surface area (Å²) in [4.78, 5) is 0. The minimum Gasteiger partial charge on any atom is -0.307 e. The molecule has 0 heterocycles. The van der Waals surface area contributed by atoms with Crippen LogP contribution in [-0.4, -0.2) is 10.9 Å². The van der Waals surface area contributed by atoms with E-state index in [4.69, 9.17) is 4.55 Å². The van der Waals surface area contributed by atoms with Gasteiger partial charge in [-0.1, -0.05) is 0 Å². The average molecular weight is 134 g/mol. The van der Waals surface area contributed by atoms with E-state index in [0.717, 1.165) is 0 Å². The Morgan fingerprint density at radius 2 is 1.86 bits per heavy atom. The molecule has 7 heavy (non-hydrogen) atoms. The lowest BCUT2D eigenvalue weighted by atomic mass is 11.4. The summed E-state index contributed by atoms with van der Waals surface area (Å²) in [7, 11) is 0. The first-order valence-corrected chi connectivity index (χ1v) is 1.82. The van der Waals surface area contributed by atoms with Gasteiger partial charge in [0, 0.05) is 0 Å². The van der Waals surface area contributed by atoms with Crippen LogP contribution < -0.4 is 0 Å². The average Bonchev–Trinajstić information content (AvgIpc) is 1.30. The molecule has 1 N–H and O–H groups in total. The highest BCUT2D eigenvalue weighted by molar-refractivity contribution is 7.88. The molecule has 2 nitrogen and oxygen atoms in total. The Morgan fingerprint density at radius 1 is 1.43 bits per heavy atom. The predicted molar refractivity (Wildman–Crippen MR) is 17.4 cm³/mol. The molecule has 0 aromatic carbocycles. The third-order valence-electron chi connectivity index (χ3n) is 0.132. The maximum Gasteiger partial charge on any atom is 0.535 e. The van der Waals surface area contributed by atoms with Gasteiger partial charge in [0.15, 0.2) is 12.3 Å². The van der Waals surface area contributed by atoms with Crippen molar-refractivity contribution >= 4 is 12.3 Å². The molecule has 0 saturated heterocycles. The Bertz CT molecular complexity index is 51.4. The Balaban J connectivity index is 3.15. The van der Waals surface area contributed by atoms with E-state index < -0.39 is 18.7 Å². The summed E-state index contributed by atoms with van der Waals surface area (Å²) in [5.41, 5.74) is 0. The zero-order valence-electron chi connectivity index (χ0n) is 2.90. The molecule has 0 unspecified atom stereocenters. The van der Waals surface area contributed by atoms with Gasteiger partial charge in [0.05, 0.1) is 0 Å². The van der Waals surface area contributed by atoms with Gasteiger partial charge in [-0.25, -0.2) is 0 Å². The molecule has 0 spiro atoms. The molecule has 0 aromatic heterocycles. The summed E-state index contributed by atoms with van der Waals surface area (Å²) in [6.07, 6.45) is -4.74. The van der Waals surface area contributed by atoms with Crippen LogP contribution in [0.25, 0.3) is 0 Å². The maximum atomic E-state index is 10.7. The van der Waals surface area contributed by atoms with Crippen molar-refractivity contribution in [2.75, 3.05) is 0 Å². The largest absolute Gasteiger partial charge is 0.535 e. The minimum absolute atomic E-state index is 0.716. The molecule has 0 atom stereocenters. The van der Waals surface area contributed by atoms with Gasteiger partial charge in [0.1, 0.15) is 0 Å². The van der Waals surface area contributed by atoms with E-state index in [0.29, 0.717) is 0 Å². The second-order valence-corrected chi connectivity index (χ2v) is 0.919. The molecule has 0 bridgehead atoms. The normalized spacial score (nSPS) is 12.0. The topological polar surface area (TPSA) is 29.5 Å². The van der Waals surface area contributed by atoms with Crippen LogP contribution in [0.1, 0.15) is 0 Å². The van der Waals surface area contributed by atoms with E-state index in [1.807, 2.05) is 0 Å². The summed E-state index contributed by atoms with van der Waals surface area (Å²) in [6.45, 7) is 0. The smallest absolute Gasteiger partial charge is 0.307 e. The van der Waals surface area contributed by atoms with E-state index in [1.54, 1.807) is 0 Å². The molecular formula is CHF3O2S. The molecule has 0 aliphatic heterocycles. The Labute approximate surface area is 41.7 Å². The van der Waals surface area contributed by atoms with Crippen molar-refractivity contribution in [1.82, 2.24) is 0 Å². The molecule has 0 aromatic rings. The highest BCUT2D eigenvalue weighted by Gasteiger charge is 2.29. The van der Waals surface area contributed by atoms with Crippen LogP contribution >= 0.6 is 12.3 Å². The van der Waals surface area contributed by atoms with Gasteiger partial charge in [-0.2, -0.15) is 4.18 Å². The van der Waals surface area contributed by atoms with Crippen LogP contribution in [0, 0.1) is 0 Å². The van der Waals surface area contributed by atoms with Crippen LogP contribution in [0.2, 0.25) is 0 Å². The number of alkyl halides is 3. The van der Waals surface area contributed by atoms with Crippen molar-refractivity contribution in [3.8, 4) is 0 Å². The fourth-order valence-corrected chi connectivity index (χ4v) is 0.127. The summed E-state index contributed by atoms with van der Waals surface area (Å²) in [5, 5.41) is 0. The van der Waals surface area contributed by atoms with Crippen LogP contribution in [0.5, 0.6) is 0 Å². The van der Waals surface area contributed by atoms with Crippen LogP contribution in [0.3, 0.4) is 0 Å². The van der Waals surface area contributed by atoms with Crippen LogP contribution in [0.15, 0.2) is 0 Å². The third-order valence-corrected chi connectivity index (χ3v) is 0.395. The zero-order valence-corrected chi connectivity index (χ0v) is 3.71. The van der Waals surface area contributed by atoms with Gasteiger partial charge in [0.2, 0.25) is 0 Å². The molecule has 44 valence electrons. The molecular weight excluding hydrogens is 133 g/mol. The van der Waals surface area contributed by atoms with E-state index >= 15 is 0 Å². The summed E-state index contributed by atoms with van der Waals surface area (Å²) < 4.78 is 42.0. The number of rotatable bonds is 1. The van der Waals surface area contributed by atoms with Crippen LogP contribution in [-0.2, 0) is 4.18 Å². The van der Waals surface area contributed by atoms with Gasteiger partial charge in [-0.3, -0.25) is 0 Å². The van der Waals surface area contributed by atoms with Gasteiger partial charge >= 0.3 is 6.36 Å². The molecule has 0 fully saturated rings. The SMILES string of the molecule is OSOC(F)(F)F. The van der Waals surface area contributed by atoms with E-state index in [2.05, 4.69) is 4.18 Å². The minimum atomic E-state index is -4.74. The number of hydrogen-bond acceptors (Lipinski definition) is 3. The van der Waals surface area contributed by atoms with Gasteiger partial charge in [-0.05, 0) is 0 Å². The van der Waals surface area contributed by atoms with Crippen molar-refractivity contribution in [2.45, 2.75) is 6.36 Å². The fourth-order valence-electron chi connectivity index (χ4n) is 0.0423. The first-order chi connectivity index (χ1) is 3.06. The van der Waals surface area contributed by atoms with Gasteiger partial charge < -0.3 is 4.55 Å². The lowest BCUT2D eigenvalue weighted by Gasteiger charge is -1.98. The molecule has 0 radical (unpaired) electrons. The summed E-state index contributed by atoms with van der Waals surface area (Å²) in [5.74, 6) is 0. The summed E-state index contributed by atoms with van der Waals surface area (Å²) in [6, 6.07) is 0. The zero-order chi connectivity index (χ0) is 5.91. The summed E-state index contributed by atoms with van der Waals surface area (Å²) >= 11 is -0.716. The monoisotopic (exact) mass is 134 g/mol. The third kappa shape index (κ3) is 6.06. The first-order valence-electron chi connectivity index (χ1n) is 1.12. The van der Waals surface area contributed by atoms with Crippen molar-refractivity contribution in [1.29, 1.82) is 0 Å². The number of hydrogen-bond donors (Lipinski definition) is 1. The quantitative estimate of drug-likeness (QED) is 0.553. The molecule has 6 heteroatoms. The second-order valence-electron chi connectivity index (χ2n) is 0.604. The second kappa shape index (κ2) is 2.39. The lowest BCUT2D eigenvalue weighted by molar-refractivity contribution is -0.268. The Kier molecular flexibility index (Phi) is 2.41. The lowest BCUT2D eigenvalue weighted by Crippen LogP contribution is -2.06. The van der Waals surface area contributed by atoms with Crippen molar-refractivity contribution in [2.24, 2.45) is 0 Å². The Morgan fingerprint density at radius 3 is 1.86 bits per heavy atom. The van der Waals surface area contributed by atoms with Crippen molar-refractivity contribution in [3.63, 3.8) is 0 Å². The molecule has 0 amide bonds. The molecule has 0 saturated carbocycles. The first kappa shape index (κ1) is 7.06. The van der Waals surface area contributed by atoms with Gasteiger partial charge in [-0.15, -0.1) is 13.2 Å². The molecule has 0 aliphatic carbocycles. The van der Waals surface area contributed by atoms with Crippen LogP contribution in [0.4, 0.5) is 13.2 Å². The van der Waals surface area contributed by atoms with Crippen molar-refractivity contribution < 1.29 is 21.9 Å². The number of halogens is 3. The fraction of sp³-hybridized carbons (Fsp3) is 1.00. The van der Waals surface area contributed by atoms with Gasteiger partial charge in [0.25, 0.3) is 0 Å². The standard InChI is InChI=1S/CHF3O2S/c2-1(3,4)6-7-5/h5H. The highest BCUT2D eigenvalue weighted by Crippen LogP contribution is 2.20. The maximum absolute atomic E-state index is 10.7. The predicted octanol–water partition coefficient (Wildman–Crippen LogP) is 1.64.